The first kappa shape index (κ1) is 16.9. The van der Waals surface area contributed by atoms with Gasteiger partial charge in [0.25, 0.3) is 0 Å². The second-order valence-electron chi connectivity index (χ2n) is 6.80. The van der Waals surface area contributed by atoms with Crippen molar-refractivity contribution < 1.29 is 14.3 Å². The Hall–Kier alpha value is -2.53. The molecule has 0 aliphatic carbocycles. The van der Waals surface area contributed by atoms with Crippen LogP contribution in [-0.4, -0.2) is 30.7 Å². The fourth-order valence-electron chi connectivity index (χ4n) is 3.56. The fraction of sp³-hybridized carbons (Fsp3) is 0.381. The quantitative estimate of drug-likeness (QED) is 0.897. The molecule has 136 valence electrons. The molecule has 0 spiro atoms. The van der Waals surface area contributed by atoms with Gasteiger partial charge in [0.1, 0.15) is 6.04 Å². The predicted octanol–water partition coefficient (Wildman–Crippen LogP) is 3.26. The number of benzene rings is 2. The van der Waals surface area contributed by atoms with Gasteiger partial charge in [0.05, 0.1) is 0 Å². The first-order chi connectivity index (χ1) is 12.8. The second-order valence-corrected chi connectivity index (χ2v) is 6.80. The molecule has 0 unspecified atom stereocenters. The molecule has 26 heavy (non-hydrogen) atoms. The zero-order valence-electron chi connectivity index (χ0n) is 14.8. The summed E-state index contributed by atoms with van der Waals surface area (Å²) in [4.78, 5) is 15.1. The van der Waals surface area contributed by atoms with Crippen LogP contribution in [0.1, 0.15) is 36.4 Å². The van der Waals surface area contributed by atoms with E-state index in [4.69, 9.17) is 9.47 Å². The van der Waals surface area contributed by atoms with Crippen LogP contribution in [0.5, 0.6) is 11.5 Å². The number of amides is 1. The molecular formula is C21H24N2O3. The number of carbonyl (C=O) groups excluding carboxylic acids is 1. The third kappa shape index (κ3) is 3.68. The summed E-state index contributed by atoms with van der Waals surface area (Å²) < 4.78 is 10.8. The van der Waals surface area contributed by atoms with Gasteiger partial charge in [-0.05, 0) is 42.5 Å². The molecule has 4 rings (SSSR count). The summed E-state index contributed by atoms with van der Waals surface area (Å²) >= 11 is 0. The number of carbonyl (C=O) groups is 1. The topological polar surface area (TPSA) is 50.8 Å². The minimum absolute atomic E-state index is 0.164. The molecule has 5 nitrogen and oxygen atoms in total. The van der Waals surface area contributed by atoms with Gasteiger partial charge in [-0.1, -0.05) is 36.4 Å². The van der Waals surface area contributed by atoms with E-state index in [1.807, 2.05) is 53.4 Å². The second kappa shape index (κ2) is 7.79. The summed E-state index contributed by atoms with van der Waals surface area (Å²) in [5.41, 5.74) is 2.07. The van der Waals surface area contributed by atoms with Crippen LogP contribution in [0.25, 0.3) is 0 Å². The number of piperidine rings is 1. The normalized spacial score (nSPS) is 17.2. The Morgan fingerprint density at radius 3 is 2.58 bits per heavy atom. The van der Waals surface area contributed by atoms with Gasteiger partial charge in [-0.3, -0.25) is 10.1 Å². The number of nitrogens with zero attached hydrogens (tertiary/aromatic N) is 1. The van der Waals surface area contributed by atoms with Crippen molar-refractivity contribution in [3.63, 3.8) is 0 Å². The van der Waals surface area contributed by atoms with Gasteiger partial charge in [-0.2, -0.15) is 0 Å². The molecule has 2 aliphatic heterocycles. The van der Waals surface area contributed by atoms with E-state index in [0.29, 0.717) is 6.54 Å². The van der Waals surface area contributed by atoms with Gasteiger partial charge in [-0.15, -0.1) is 0 Å². The zero-order valence-corrected chi connectivity index (χ0v) is 14.8. The molecule has 0 radical (unpaired) electrons. The number of likely N-dealkylation sites (tertiary alicyclic amines) is 1. The Morgan fingerprint density at radius 1 is 1.00 bits per heavy atom. The molecule has 2 aromatic rings. The smallest absolute Gasteiger partial charge is 0.244 e. The average Bonchev–Trinajstić information content (AvgIpc) is 3.17. The highest BCUT2D eigenvalue weighted by atomic mass is 16.7. The Balaban J connectivity index is 1.50. The minimum Gasteiger partial charge on any atom is -0.454 e. The molecule has 0 saturated carbocycles. The van der Waals surface area contributed by atoms with E-state index >= 15 is 0 Å². The van der Waals surface area contributed by atoms with Crippen molar-refractivity contribution in [2.45, 2.75) is 31.8 Å². The number of nitrogens with one attached hydrogen (secondary N) is 1. The van der Waals surface area contributed by atoms with Crippen LogP contribution in [0.15, 0.2) is 48.5 Å². The van der Waals surface area contributed by atoms with Crippen LogP contribution in [0, 0.1) is 0 Å². The van der Waals surface area contributed by atoms with Crippen molar-refractivity contribution in [2.24, 2.45) is 0 Å². The molecular weight excluding hydrogens is 328 g/mol. The number of hydrogen-bond donors (Lipinski definition) is 1. The lowest BCUT2D eigenvalue weighted by atomic mass is 10.0. The summed E-state index contributed by atoms with van der Waals surface area (Å²) in [5.74, 6) is 1.71. The van der Waals surface area contributed by atoms with Crippen LogP contribution in [-0.2, 0) is 11.3 Å². The summed E-state index contributed by atoms with van der Waals surface area (Å²) in [6.07, 6.45) is 3.40. The van der Waals surface area contributed by atoms with E-state index in [2.05, 4.69) is 5.32 Å². The van der Waals surface area contributed by atoms with Gasteiger partial charge in [0.2, 0.25) is 12.7 Å². The Labute approximate surface area is 153 Å². The van der Waals surface area contributed by atoms with Crippen LogP contribution in [0.4, 0.5) is 0 Å². The molecule has 1 atom stereocenters. The Kier molecular flexibility index (Phi) is 5.07. The van der Waals surface area contributed by atoms with Crippen molar-refractivity contribution in [2.75, 3.05) is 19.9 Å². The van der Waals surface area contributed by atoms with Crippen molar-refractivity contribution in [3.8, 4) is 11.5 Å². The van der Waals surface area contributed by atoms with E-state index in [1.165, 1.54) is 6.42 Å². The molecule has 1 amide bonds. The number of hydrogen-bond acceptors (Lipinski definition) is 4. The van der Waals surface area contributed by atoms with E-state index < -0.39 is 0 Å². The summed E-state index contributed by atoms with van der Waals surface area (Å²) in [6.45, 7) is 2.57. The third-order valence-electron chi connectivity index (χ3n) is 4.99. The van der Waals surface area contributed by atoms with Crippen molar-refractivity contribution in [1.29, 1.82) is 0 Å². The lowest BCUT2D eigenvalue weighted by Crippen LogP contribution is -2.43. The van der Waals surface area contributed by atoms with E-state index in [9.17, 15) is 4.79 Å². The van der Waals surface area contributed by atoms with E-state index in [0.717, 1.165) is 48.6 Å². The van der Waals surface area contributed by atoms with Gasteiger partial charge >= 0.3 is 0 Å². The molecule has 1 N–H and O–H groups in total. The predicted molar refractivity (Wildman–Crippen MR) is 99.0 cm³/mol. The van der Waals surface area contributed by atoms with Gasteiger partial charge in [0, 0.05) is 19.6 Å². The lowest BCUT2D eigenvalue weighted by Gasteiger charge is -2.31. The van der Waals surface area contributed by atoms with Gasteiger partial charge < -0.3 is 14.4 Å². The van der Waals surface area contributed by atoms with Crippen molar-refractivity contribution in [1.82, 2.24) is 10.2 Å². The van der Waals surface area contributed by atoms with Gasteiger partial charge in [-0.25, -0.2) is 0 Å². The number of rotatable bonds is 5. The fourth-order valence-corrected chi connectivity index (χ4v) is 3.56. The van der Waals surface area contributed by atoms with Crippen LogP contribution in [0.2, 0.25) is 0 Å². The Morgan fingerprint density at radius 2 is 1.77 bits per heavy atom. The highest BCUT2D eigenvalue weighted by Crippen LogP contribution is 2.32. The molecule has 2 heterocycles. The Bertz CT molecular complexity index is 757. The maximum Gasteiger partial charge on any atom is 0.244 e. The first-order valence-electron chi connectivity index (χ1n) is 9.27. The van der Waals surface area contributed by atoms with Crippen LogP contribution < -0.4 is 14.8 Å². The van der Waals surface area contributed by atoms with E-state index in [-0.39, 0.29) is 18.7 Å². The third-order valence-corrected chi connectivity index (χ3v) is 4.99. The SMILES string of the molecule is O=C([C@H](NCc1ccc2c(c1)OCO2)c1ccccc1)N1CCCCC1. The first-order valence-corrected chi connectivity index (χ1v) is 9.27. The summed E-state index contributed by atoms with van der Waals surface area (Å²) in [5, 5.41) is 3.45. The monoisotopic (exact) mass is 352 g/mol. The maximum atomic E-state index is 13.1. The summed E-state index contributed by atoms with van der Waals surface area (Å²) in [6, 6.07) is 15.5. The lowest BCUT2D eigenvalue weighted by molar-refractivity contribution is -0.134. The van der Waals surface area contributed by atoms with E-state index in [1.54, 1.807) is 0 Å². The highest BCUT2D eigenvalue weighted by Gasteiger charge is 2.26. The summed E-state index contributed by atoms with van der Waals surface area (Å²) in [7, 11) is 0. The highest BCUT2D eigenvalue weighted by molar-refractivity contribution is 5.83. The molecule has 1 fully saturated rings. The molecule has 2 aromatic carbocycles. The minimum atomic E-state index is -0.334. The van der Waals surface area contributed by atoms with Gasteiger partial charge in [0.15, 0.2) is 11.5 Å². The zero-order chi connectivity index (χ0) is 17.8. The number of fused-ring (bicyclic) bond motifs is 1. The van der Waals surface area contributed by atoms with Crippen molar-refractivity contribution >= 4 is 5.91 Å². The molecule has 1 saturated heterocycles. The average molecular weight is 352 g/mol. The maximum absolute atomic E-state index is 13.1. The standard InChI is InChI=1S/C21H24N2O3/c24-21(23-11-5-2-6-12-23)20(17-7-3-1-4-8-17)22-14-16-9-10-18-19(13-16)26-15-25-18/h1,3-4,7-10,13,20,22H,2,5-6,11-12,14-15H2/t20-/m1/s1. The number of ether oxygens (including phenoxy) is 2. The largest absolute Gasteiger partial charge is 0.454 e. The van der Waals surface area contributed by atoms with Crippen molar-refractivity contribution in [3.05, 3.63) is 59.7 Å². The molecule has 0 aromatic heterocycles. The van der Waals surface area contributed by atoms with Crippen LogP contribution >= 0.6 is 0 Å². The van der Waals surface area contributed by atoms with Crippen LogP contribution in [0.3, 0.4) is 0 Å². The molecule has 5 heteroatoms. The molecule has 0 bridgehead atoms. The molecule has 2 aliphatic rings.